The molecule has 2 atom stereocenters. The summed E-state index contributed by atoms with van der Waals surface area (Å²) in [6.07, 6.45) is 4.86. The van der Waals surface area contributed by atoms with Gasteiger partial charge in [0.1, 0.15) is 5.72 Å². The molecule has 1 aliphatic heterocycles. The van der Waals surface area contributed by atoms with Crippen molar-refractivity contribution < 1.29 is 4.74 Å². The molecule has 0 aromatic carbocycles. The lowest BCUT2D eigenvalue weighted by atomic mass is 9.80. The van der Waals surface area contributed by atoms with E-state index in [9.17, 15) is 0 Å². The normalized spacial score (nSPS) is 36.4. The summed E-state index contributed by atoms with van der Waals surface area (Å²) in [5, 5.41) is 12.3. The van der Waals surface area contributed by atoms with E-state index in [1.807, 2.05) is 13.8 Å². The van der Waals surface area contributed by atoms with Gasteiger partial charge in [0.2, 0.25) is 0 Å². The van der Waals surface area contributed by atoms with Gasteiger partial charge in [0.15, 0.2) is 6.10 Å². The molecule has 1 N–H and O–H groups in total. The molecule has 2 unspecified atom stereocenters. The smallest absolute Gasteiger partial charge is 0.161 e. The predicted molar refractivity (Wildman–Crippen MR) is 53.4 cm³/mol. The third kappa shape index (κ3) is 1.92. The van der Waals surface area contributed by atoms with Crippen molar-refractivity contribution in [1.82, 2.24) is 5.32 Å². The summed E-state index contributed by atoms with van der Waals surface area (Å²) in [5.41, 5.74) is -0.325. The minimum atomic E-state index is -0.325. The molecule has 1 saturated carbocycles. The highest BCUT2D eigenvalue weighted by Gasteiger charge is 2.40. The van der Waals surface area contributed by atoms with Crippen LogP contribution in [0.2, 0.25) is 0 Å². The van der Waals surface area contributed by atoms with E-state index in [1.165, 1.54) is 19.3 Å². The van der Waals surface area contributed by atoms with Crippen LogP contribution in [0, 0.1) is 17.2 Å². The fourth-order valence-corrected chi connectivity index (χ4v) is 2.34. The van der Waals surface area contributed by atoms with Gasteiger partial charge in [-0.25, -0.2) is 0 Å². The quantitative estimate of drug-likeness (QED) is 0.729. The van der Waals surface area contributed by atoms with Gasteiger partial charge >= 0.3 is 0 Å². The molecule has 0 amide bonds. The van der Waals surface area contributed by atoms with Gasteiger partial charge in [0, 0.05) is 6.04 Å². The topological polar surface area (TPSA) is 45.0 Å². The molecule has 78 valence electrons. The van der Waals surface area contributed by atoms with Crippen LogP contribution in [-0.4, -0.2) is 17.9 Å². The minimum absolute atomic E-state index is 0.236. The van der Waals surface area contributed by atoms with Gasteiger partial charge < -0.3 is 4.74 Å². The molecule has 2 rings (SSSR count). The Kier molecular flexibility index (Phi) is 2.50. The van der Waals surface area contributed by atoms with Crippen molar-refractivity contribution in [3.8, 4) is 6.07 Å². The summed E-state index contributed by atoms with van der Waals surface area (Å²) >= 11 is 0. The fourth-order valence-electron chi connectivity index (χ4n) is 2.34. The molecule has 2 aliphatic rings. The second kappa shape index (κ2) is 3.52. The van der Waals surface area contributed by atoms with Crippen LogP contribution in [0.1, 0.15) is 39.5 Å². The third-order valence-electron chi connectivity index (χ3n) is 3.26. The van der Waals surface area contributed by atoms with Crippen LogP contribution in [0.25, 0.3) is 0 Å². The summed E-state index contributed by atoms with van der Waals surface area (Å²) in [6.45, 7) is 3.97. The molecule has 14 heavy (non-hydrogen) atoms. The van der Waals surface area contributed by atoms with Crippen molar-refractivity contribution in [3.63, 3.8) is 0 Å². The van der Waals surface area contributed by atoms with Crippen molar-refractivity contribution in [2.24, 2.45) is 5.92 Å². The van der Waals surface area contributed by atoms with Gasteiger partial charge in [-0.05, 0) is 26.2 Å². The molecule has 1 heterocycles. The van der Waals surface area contributed by atoms with Crippen molar-refractivity contribution >= 4 is 0 Å². The lowest BCUT2D eigenvalue weighted by molar-refractivity contribution is -0.00350. The first-order valence-electron chi connectivity index (χ1n) is 5.46. The minimum Gasteiger partial charge on any atom is -0.341 e. The van der Waals surface area contributed by atoms with E-state index >= 15 is 0 Å². The fraction of sp³-hybridized carbons (Fsp3) is 0.909. The molecule has 0 bridgehead atoms. The Morgan fingerprint density at radius 2 is 2.21 bits per heavy atom. The first-order valence-corrected chi connectivity index (χ1v) is 5.46. The highest BCUT2D eigenvalue weighted by molar-refractivity contribution is 5.02. The van der Waals surface area contributed by atoms with Crippen LogP contribution >= 0.6 is 0 Å². The van der Waals surface area contributed by atoms with Gasteiger partial charge in [-0.3, -0.25) is 5.32 Å². The molecule has 0 aromatic heterocycles. The largest absolute Gasteiger partial charge is 0.341 e. The van der Waals surface area contributed by atoms with Crippen LogP contribution in [0.4, 0.5) is 0 Å². The highest BCUT2D eigenvalue weighted by atomic mass is 16.5. The van der Waals surface area contributed by atoms with E-state index in [2.05, 4.69) is 11.4 Å². The van der Waals surface area contributed by atoms with E-state index < -0.39 is 0 Å². The van der Waals surface area contributed by atoms with Crippen molar-refractivity contribution in [2.45, 2.75) is 57.4 Å². The molecule has 1 saturated heterocycles. The highest BCUT2D eigenvalue weighted by Crippen LogP contribution is 2.34. The second-order valence-corrected chi connectivity index (χ2v) is 4.96. The van der Waals surface area contributed by atoms with Crippen molar-refractivity contribution in [1.29, 1.82) is 5.26 Å². The molecule has 0 aromatic rings. The number of hydrogen-bond donors (Lipinski definition) is 1. The maximum absolute atomic E-state index is 8.96. The maximum atomic E-state index is 8.96. The molecule has 0 spiro atoms. The molecule has 3 nitrogen and oxygen atoms in total. The van der Waals surface area contributed by atoms with E-state index in [1.54, 1.807) is 0 Å². The summed E-state index contributed by atoms with van der Waals surface area (Å²) < 4.78 is 5.61. The zero-order valence-electron chi connectivity index (χ0n) is 8.92. The van der Waals surface area contributed by atoms with Crippen molar-refractivity contribution in [2.75, 3.05) is 0 Å². The zero-order chi connectivity index (χ0) is 10.2. The molecule has 1 aliphatic carbocycles. The number of ether oxygens (including phenoxy) is 1. The van der Waals surface area contributed by atoms with E-state index in [4.69, 9.17) is 10.00 Å². The van der Waals surface area contributed by atoms with Crippen LogP contribution in [0.3, 0.4) is 0 Å². The Labute approximate surface area is 85.4 Å². The molecular weight excluding hydrogens is 176 g/mol. The lowest BCUT2D eigenvalue weighted by Crippen LogP contribution is -2.40. The molecule has 3 heteroatoms. The van der Waals surface area contributed by atoms with Gasteiger partial charge in [0.25, 0.3) is 0 Å². The lowest BCUT2D eigenvalue weighted by Gasteiger charge is -2.28. The predicted octanol–water partition coefficient (Wildman–Crippen LogP) is 1.79. The van der Waals surface area contributed by atoms with Gasteiger partial charge in [-0.15, -0.1) is 0 Å². The van der Waals surface area contributed by atoms with Crippen LogP contribution in [0.15, 0.2) is 0 Å². The second-order valence-electron chi connectivity index (χ2n) is 4.96. The zero-order valence-corrected chi connectivity index (χ0v) is 8.92. The standard InChI is InChI=1S/C11H18N2O/c1-11(2)13-9(10(7-12)14-11)6-8-4-3-5-8/h8-10,13H,3-6H2,1-2H3. The van der Waals surface area contributed by atoms with E-state index in [0.29, 0.717) is 0 Å². The Morgan fingerprint density at radius 1 is 1.50 bits per heavy atom. The van der Waals surface area contributed by atoms with Crippen LogP contribution in [-0.2, 0) is 4.74 Å². The summed E-state index contributed by atoms with van der Waals surface area (Å²) in [7, 11) is 0. The van der Waals surface area contributed by atoms with Gasteiger partial charge in [-0.1, -0.05) is 19.3 Å². The summed E-state index contributed by atoms with van der Waals surface area (Å²) in [4.78, 5) is 0. The summed E-state index contributed by atoms with van der Waals surface area (Å²) in [6, 6.07) is 2.47. The van der Waals surface area contributed by atoms with Crippen molar-refractivity contribution in [3.05, 3.63) is 0 Å². The van der Waals surface area contributed by atoms with Crippen LogP contribution < -0.4 is 5.32 Å². The number of nitrogens with one attached hydrogen (secondary N) is 1. The molecular formula is C11H18N2O. The SMILES string of the molecule is CC1(C)NC(CC2CCC2)C(C#N)O1. The summed E-state index contributed by atoms with van der Waals surface area (Å²) in [5.74, 6) is 0.820. The number of hydrogen-bond acceptors (Lipinski definition) is 3. The third-order valence-corrected chi connectivity index (χ3v) is 3.26. The first-order chi connectivity index (χ1) is 6.61. The molecule has 2 fully saturated rings. The average molecular weight is 194 g/mol. The van der Waals surface area contributed by atoms with E-state index in [-0.39, 0.29) is 17.9 Å². The Hall–Kier alpha value is -0.590. The van der Waals surface area contributed by atoms with E-state index in [0.717, 1.165) is 12.3 Å². The number of nitrogens with zero attached hydrogens (tertiary/aromatic N) is 1. The number of nitriles is 1. The Morgan fingerprint density at radius 3 is 2.71 bits per heavy atom. The van der Waals surface area contributed by atoms with Crippen LogP contribution in [0.5, 0.6) is 0 Å². The van der Waals surface area contributed by atoms with Gasteiger partial charge in [0.05, 0.1) is 6.07 Å². The maximum Gasteiger partial charge on any atom is 0.161 e. The average Bonchev–Trinajstić information content (AvgIpc) is 2.33. The first kappa shape index (κ1) is 9.95. The number of rotatable bonds is 2. The molecule has 0 radical (unpaired) electrons. The monoisotopic (exact) mass is 194 g/mol. The Bertz CT molecular complexity index is 253. The van der Waals surface area contributed by atoms with Gasteiger partial charge in [-0.2, -0.15) is 5.26 Å². The Balaban J connectivity index is 1.93.